The molecule has 18 heavy (non-hydrogen) atoms. The normalized spacial score (nSPS) is 19.4. The predicted molar refractivity (Wildman–Crippen MR) is 67.7 cm³/mol. The average Bonchev–Trinajstić information content (AvgIpc) is 2.33. The summed E-state index contributed by atoms with van der Waals surface area (Å²) in [4.78, 5) is 17.0. The van der Waals surface area contributed by atoms with Crippen LogP contribution in [-0.4, -0.2) is 34.8 Å². The Bertz CT molecular complexity index is 393. The lowest BCUT2D eigenvalue weighted by Gasteiger charge is -2.34. The Balaban J connectivity index is 1.79. The zero-order valence-electron chi connectivity index (χ0n) is 10.6. The fourth-order valence-corrected chi connectivity index (χ4v) is 2.00. The van der Waals surface area contributed by atoms with Crippen LogP contribution in [0.1, 0.15) is 25.3 Å². The van der Waals surface area contributed by atoms with Gasteiger partial charge in [-0.25, -0.2) is 4.79 Å². The number of benzene rings is 1. The van der Waals surface area contributed by atoms with Crippen molar-refractivity contribution in [2.45, 2.75) is 31.8 Å². The van der Waals surface area contributed by atoms with E-state index in [1.54, 1.807) is 5.06 Å². The monoisotopic (exact) mass is 249 g/mol. The molecular formula is C14H19NO3. The van der Waals surface area contributed by atoms with E-state index in [-0.39, 0.29) is 12.4 Å². The van der Waals surface area contributed by atoms with Crippen LogP contribution in [0.3, 0.4) is 0 Å². The molecule has 0 aromatic heterocycles. The van der Waals surface area contributed by atoms with Gasteiger partial charge in [-0.3, -0.25) is 0 Å². The number of carbonyl (C=O) groups excluding carboxylic acids is 1. The van der Waals surface area contributed by atoms with Crippen molar-refractivity contribution in [2.75, 3.05) is 13.1 Å². The molecule has 1 aliphatic heterocycles. The molecule has 0 radical (unpaired) electrons. The lowest BCUT2D eigenvalue weighted by atomic mass is 9.95. The molecule has 0 atom stereocenters. The summed E-state index contributed by atoms with van der Waals surface area (Å²) in [7, 11) is 0. The van der Waals surface area contributed by atoms with Gasteiger partial charge in [0.2, 0.25) is 0 Å². The molecule has 1 fully saturated rings. The molecule has 0 bridgehead atoms. The quantitative estimate of drug-likeness (QED) is 0.882. The summed E-state index contributed by atoms with van der Waals surface area (Å²) in [5.41, 5.74) is 0.328. The van der Waals surface area contributed by atoms with Crippen LogP contribution in [0.2, 0.25) is 0 Å². The summed E-state index contributed by atoms with van der Waals surface area (Å²) in [6.07, 6.45) is 1.55. The van der Waals surface area contributed by atoms with E-state index in [1.165, 1.54) is 0 Å². The Kier molecular flexibility index (Phi) is 3.99. The van der Waals surface area contributed by atoms with E-state index in [0.717, 1.165) is 5.56 Å². The number of aliphatic hydroxyl groups is 1. The van der Waals surface area contributed by atoms with Crippen molar-refractivity contribution in [2.24, 2.45) is 0 Å². The Labute approximate surface area is 107 Å². The third kappa shape index (κ3) is 3.82. The van der Waals surface area contributed by atoms with Crippen LogP contribution < -0.4 is 0 Å². The SMILES string of the molecule is CC1(O)CCN(OC(=O)Cc2ccccc2)CC1. The molecule has 1 saturated heterocycles. The highest BCUT2D eigenvalue weighted by molar-refractivity contribution is 5.72. The Morgan fingerprint density at radius 1 is 1.33 bits per heavy atom. The number of piperidine rings is 1. The van der Waals surface area contributed by atoms with Crippen LogP contribution in [0, 0.1) is 0 Å². The third-order valence-electron chi connectivity index (χ3n) is 3.22. The first kappa shape index (κ1) is 13.1. The summed E-state index contributed by atoms with van der Waals surface area (Å²) in [5, 5.41) is 11.4. The van der Waals surface area contributed by atoms with Crippen molar-refractivity contribution in [3.8, 4) is 0 Å². The van der Waals surface area contributed by atoms with E-state index in [1.807, 2.05) is 37.3 Å². The molecule has 1 N–H and O–H groups in total. The molecule has 1 aliphatic rings. The van der Waals surface area contributed by atoms with Crippen LogP contribution in [0.25, 0.3) is 0 Å². The standard InChI is InChI=1S/C14H19NO3/c1-14(17)7-9-15(10-8-14)18-13(16)11-12-5-3-2-4-6-12/h2-6,17H,7-11H2,1H3. The number of hydrogen-bond acceptors (Lipinski definition) is 4. The number of carbonyl (C=O) groups is 1. The molecule has 1 heterocycles. The summed E-state index contributed by atoms with van der Waals surface area (Å²) in [6.45, 7) is 3.00. The smallest absolute Gasteiger partial charge is 0.329 e. The fourth-order valence-electron chi connectivity index (χ4n) is 2.00. The second-order valence-electron chi connectivity index (χ2n) is 5.05. The highest BCUT2D eigenvalue weighted by Gasteiger charge is 2.29. The highest BCUT2D eigenvalue weighted by Crippen LogP contribution is 2.21. The fraction of sp³-hybridized carbons (Fsp3) is 0.500. The third-order valence-corrected chi connectivity index (χ3v) is 3.22. The van der Waals surface area contributed by atoms with Crippen molar-refractivity contribution in [3.63, 3.8) is 0 Å². The molecule has 4 heteroatoms. The molecule has 1 aromatic carbocycles. The molecule has 1 aromatic rings. The maximum Gasteiger partial charge on any atom is 0.329 e. The van der Waals surface area contributed by atoms with E-state index in [9.17, 15) is 9.90 Å². The van der Waals surface area contributed by atoms with Crippen LogP contribution in [0.15, 0.2) is 30.3 Å². The summed E-state index contributed by atoms with van der Waals surface area (Å²) in [5.74, 6) is -0.247. The summed E-state index contributed by atoms with van der Waals surface area (Å²) in [6, 6.07) is 9.54. The predicted octanol–water partition coefficient (Wildman–Crippen LogP) is 1.53. The summed E-state index contributed by atoms with van der Waals surface area (Å²) >= 11 is 0. The van der Waals surface area contributed by atoms with Gasteiger partial charge in [0.25, 0.3) is 0 Å². The molecule has 0 aliphatic carbocycles. The zero-order chi connectivity index (χ0) is 13.0. The van der Waals surface area contributed by atoms with Crippen molar-refractivity contribution >= 4 is 5.97 Å². The second-order valence-corrected chi connectivity index (χ2v) is 5.05. The molecule has 4 nitrogen and oxygen atoms in total. The van der Waals surface area contributed by atoms with Gasteiger partial charge in [0.1, 0.15) is 0 Å². The first-order valence-corrected chi connectivity index (χ1v) is 6.27. The van der Waals surface area contributed by atoms with Crippen molar-refractivity contribution in [3.05, 3.63) is 35.9 Å². The molecule has 2 rings (SSSR count). The minimum absolute atomic E-state index is 0.247. The van der Waals surface area contributed by atoms with Gasteiger partial charge in [-0.2, -0.15) is 0 Å². The number of nitrogens with zero attached hydrogens (tertiary/aromatic N) is 1. The number of rotatable bonds is 3. The minimum atomic E-state index is -0.623. The lowest BCUT2D eigenvalue weighted by Crippen LogP contribution is -2.43. The Hall–Kier alpha value is -1.39. The van der Waals surface area contributed by atoms with Gasteiger partial charge in [-0.1, -0.05) is 30.3 Å². The first-order valence-electron chi connectivity index (χ1n) is 6.27. The lowest BCUT2D eigenvalue weighted by molar-refractivity contribution is -0.203. The first-order chi connectivity index (χ1) is 8.55. The maximum atomic E-state index is 11.7. The van der Waals surface area contributed by atoms with E-state index in [0.29, 0.717) is 25.9 Å². The largest absolute Gasteiger partial charge is 0.390 e. The van der Waals surface area contributed by atoms with Crippen molar-refractivity contribution < 1.29 is 14.7 Å². The molecular weight excluding hydrogens is 230 g/mol. The van der Waals surface area contributed by atoms with Gasteiger partial charge in [-0.15, -0.1) is 5.06 Å². The van der Waals surface area contributed by atoms with E-state index >= 15 is 0 Å². The van der Waals surface area contributed by atoms with Gasteiger partial charge < -0.3 is 9.94 Å². The molecule has 0 unspecified atom stereocenters. The maximum absolute atomic E-state index is 11.7. The van der Waals surface area contributed by atoms with Gasteiger partial charge in [0.05, 0.1) is 12.0 Å². The van der Waals surface area contributed by atoms with Crippen molar-refractivity contribution in [1.29, 1.82) is 0 Å². The molecule has 0 saturated carbocycles. The Morgan fingerprint density at radius 3 is 2.56 bits per heavy atom. The van der Waals surface area contributed by atoms with Crippen LogP contribution in [-0.2, 0) is 16.1 Å². The van der Waals surface area contributed by atoms with E-state index in [4.69, 9.17) is 4.84 Å². The second kappa shape index (κ2) is 5.50. The number of hydrogen-bond donors (Lipinski definition) is 1. The van der Waals surface area contributed by atoms with Crippen LogP contribution in [0.5, 0.6) is 0 Å². The minimum Gasteiger partial charge on any atom is -0.390 e. The number of hydroxylamine groups is 2. The highest BCUT2D eigenvalue weighted by atomic mass is 16.7. The van der Waals surface area contributed by atoms with Gasteiger partial charge in [0.15, 0.2) is 0 Å². The van der Waals surface area contributed by atoms with Gasteiger partial charge in [0, 0.05) is 13.1 Å². The zero-order valence-corrected chi connectivity index (χ0v) is 10.6. The van der Waals surface area contributed by atoms with Crippen LogP contribution >= 0.6 is 0 Å². The van der Waals surface area contributed by atoms with Crippen molar-refractivity contribution in [1.82, 2.24) is 5.06 Å². The van der Waals surface area contributed by atoms with Gasteiger partial charge in [-0.05, 0) is 25.3 Å². The molecule has 0 amide bonds. The summed E-state index contributed by atoms with van der Waals surface area (Å²) < 4.78 is 0. The van der Waals surface area contributed by atoms with Gasteiger partial charge >= 0.3 is 5.97 Å². The van der Waals surface area contributed by atoms with E-state index in [2.05, 4.69) is 0 Å². The molecule has 98 valence electrons. The Morgan fingerprint density at radius 2 is 1.94 bits per heavy atom. The van der Waals surface area contributed by atoms with Crippen LogP contribution in [0.4, 0.5) is 0 Å². The molecule has 0 spiro atoms. The average molecular weight is 249 g/mol. The topological polar surface area (TPSA) is 49.8 Å². The van der Waals surface area contributed by atoms with E-state index < -0.39 is 5.60 Å².